The van der Waals surface area contributed by atoms with Crippen LogP contribution in [0.25, 0.3) is 0 Å². The highest BCUT2D eigenvalue weighted by atomic mass is 16.3. The van der Waals surface area contributed by atoms with E-state index in [0.29, 0.717) is 6.54 Å². The molecule has 15 heavy (non-hydrogen) atoms. The molecule has 1 amide bonds. The minimum absolute atomic E-state index is 0.352. The van der Waals surface area contributed by atoms with Gasteiger partial charge in [0, 0.05) is 13.1 Å². The van der Waals surface area contributed by atoms with Gasteiger partial charge >= 0.3 is 0 Å². The molecule has 0 aromatic heterocycles. The topological polar surface area (TPSA) is 61.4 Å². The molecule has 1 aromatic carbocycles. The van der Waals surface area contributed by atoms with E-state index in [4.69, 9.17) is 5.11 Å². The zero-order chi connectivity index (χ0) is 11.1. The Bertz CT molecular complexity index is 309. The lowest BCUT2D eigenvalue weighted by atomic mass is 10.1. The molecule has 0 atom stereocenters. The maximum atomic E-state index is 10.8. The molecule has 0 aliphatic heterocycles. The third kappa shape index (κ3) is 4.10. The summed E-state index contributed by atoms with van der Waals surface area (Å²) in [5.74, 6) is -0.352. The Morgan fingerprint density at radius 3 is 2.20 bits per heavy atom. The Morgan fingerprint density at radius 2 is 1.73 bits per heavy atom. The zero-order valence-corrected chi connectivity index (χ0v) is 8.79. The van der Waals surface area contributed by atoms with E-state index in [1.165, 1.54) is 5.56 Å². The maximum Gasteiger partial charge on any atom is 0.245 e. The quantitative estimate of drug-likeness (QED) is 0.639. The molecule has 0 spiro atoms. The molecule has 0 unspecified atom stereocenters. The second kappa shape index (κ2) is 6.16. The predicted molar refractivity (Wildman–Crippen MR) is 58.1 cm³/mol. The Hall–Kier alpha value is -1.39. The van der Waals surface area contributed by atoms with Gasteiger partial charge in [-0.1, -0.05) is 24.3 Å². The molecule has 0 heterocycles. The smallest absolute Gasteiger partial charge is 0.245 e. The minimum Gasteiger partial charge on any atom is -0.387 e. The van der Waals surface area contributed by atoms with Crippen LogP contribution in [0, 0.1) is 0 Å². The fourth-order valence-corrected chi connectivity index (χ4v) is 1.24. The highest BCUT2D eigenvalue weighted by molar-refractivity contribution is 5.76. The molecule has 0 saturated heterocycles. The van der Waals surface area contributed by atoms with Crippen LogP contribution in [0.3, 0.4) is 0 Å². The van der Waals surface area contributed by atoms with Gasteiger partial charge in [-0.15, -0.1) is 0 Å². The summed E-state index contributed by atoms with van der Waals surface area (Å²) in [7, 11) is 1.90. The van der Waals surface area contributed by atoms with Crippen LogP contribution in [0.15, 0.2) is 24.3 Å². The highest BCUT2D eigenvalue weighted by Gasteiger charge is 1.98. The summed E-state index contributed by atoms with van der Waals surface area (Å²) < 4.78 is 0. The first-order chi connectivity index (χ1) is 7.26. The van der Waals surface area contributed by atoms with Crippen LogP contribution in [0.4, 0.5) is 0 Å². The number of aliphatic hydroxyl groups excluding tert-OH is 1. The molecule has 0 fully saturated rings. The normalized spacial score (nSPS) is 10.0. The Kier molecular flexibility index (Phi) is 4.80. The maximum absolute atomic E-state index is 10.8. The van der Waals surface area contributed by atoms with Crippen LogP contribution >= 0.6 is 0 Å². The number of hydrogen-bond donors (Lipinski definition) is 3. The average molecular weight is 208 g/mol. The molecule has 4 nitrogen and oxygen atoms in total. The van der Waals surface area contributed by atoms with Crippen LogP contribution < -0.4 is 10.6 Å². The van der Waals surface area contributed by atoms with Crippen LogP contribution in [0.5, 0.6) is 0 Å². The van der Waals surface area contributed by atoms with Crippen molar-refractivity contribution in [1.29, 1.82) is 0 Å². The van der Waals surface area contributed by atoms with Gasteiger partial charge in [-0.3, -0.25) is 4.79 Å². The zero-order valence-electron chi connectivity index (χ0n) is 8.79. The number of carbonyl (C=O) groups is 1. The summed E-state index contributed by atoms with van der Waals surface area (Å²) in [4.78, 5) is 10.8. The van der Waals surface area contributed by atoms with Crippen molar-refractivity contribution < 1.29 is 9.90 Å². The fraction of sp³-hybridized carbons (Fsp3) is 0.364. The molecule has 4 heteroatoms. The molecule has 1 rings (SSSR count). The summed E-state index contributed by atoms with van der Waals surface area (Å²) >= 11 is 0. The first-order valence-electron chi connectivity index (χ1n) is 4.86. The summed E-state index contributed by atoms with van der Waals surface area (Å²) in [6.45, 7) is 0.834. The largest absolute Gasteiger partial charge is 0.387 e. The number of benzene rings is 1. The number of aliphatic hydroxyl groups is 1. The van der Waals surface area contributed by atoms with Crippen molar-refractivity contribution in [2.45, 2.75) is 13.1 Å². The van der Waals surface area contributed by atoms with Crippen molar-refractivity contribution in [2.24, 2.45) is 0 Å². The SMILES string of the molecule is CNCc1ccc(CNC(=O)CO)cc1. The van der Waals surface area contributed by atoms with Gasteiger partial charge in [0.1, 0.15) is 6.61 Å². The van der Waals surface area contributed by atoms with Gasteiger partial charge < -0.3 is 15.7 Å². The van der Waals surface area contributed by atoms with Gasteiger partial charge in [-0.2, -0.15) is 0 Å². The predicted octanol–water partition coefficient (Wildman–Crippen LogP) is 0.0145. The number of amides is 1. The Labute approximate surface area is 89.3 Å². The van der Waals surface area contributed by atoms with Crippen LogP contribution in [-0.2, 0) is 17.9 Å². The molecule has 0 saturated carbocycles. The Balaban J connectivity index is 2.45. The van der Waals surface area contributed by atoms with Crippen molar-refractivity contribution in [1.82, 2.24) is 10.6 Å². The van der Waals surface area contributed by atoms with E-state index < -0.39 is 6.61 Å². The lowest BCUT2D eigenvalue weighted by Gasteiger charge is -2.05. The fourth-order valence-electron chi connectivity index (χ4n) is 1.24. The van der Waals surface area contributed by atoms with E-state index in [0.717, 1.165) is 12.1 Å². The summed E-state index contributed by atoms with van der Waals surface area (Å²) in [6.07, 6.45) is 0. The van der Waals surface area contributed by atoms with E-state index in [-0.39, 0.29) is 5.91 Å². The monoisotopic (exact) mass is 208 g/mol. The molecule has 0 aliphatic carbocycles. The molecule has 3 N–H and O–H groups in total. The van der Waals surface area contributed by atoms with E-state index in [1.54, 1.807) is 0 Å². The highest BCUT2D eigenvalue weighted by Crippen LogP contribution is 2.03. The second-order valence-corrected chi connectivity index (χ2v) is 3.28. The van der Waals surface area contributed by atoms with Crippen LogP contribution in [-0.4, -0.2) is 24.7 Å². The summed E-state index contributed by atoms with van der Waals surface area (Å²) in [6, 6.07) is 7.95. The van der Waals surface area contributed by atoms with E-state index in [9.17, 15) is 4.79 Å². The van der Waals surface area contributed by atoms with Crippen LogP contribution in [0.2, 0.25) is 0 Å². The molecule has 0 aliphatic rings. The van der Waals surface area contributed by atoms with Crippen molar-refractivity contribution in [2.75, 3.05) is 13.7 Å². The summed E-state index contributed by atoms with van der Waals surface area (Å²) in [5, 5.41) is 14.2. The van der Waals surface area contributed by atoms with Crippen molar-refractivity contribution in [3.05, 3.63) is 35.4 Å². The van der Waals surface area contributed by atoms with Gasteiger partial charge in [-0.25, -0.2) is 0 Å². The number of nitrogens with one attached hydrogen (secondary N) is 2. The molecular weight excluding hydrogens is 192 g/mol. The van der Waals surface area contributed by atoms with Crippen LogP contribution in [0.1, 0.15) is 11.1 Å². The van der Waals surface area contributed by atoms with E-state index in [2.05, 4.69) is 10.6 Å². The lowest BCUT2D eigenvalue weighted by Crippen LogP contribution is -2.25. The third-order valence-corrected chi connectivity index (χ3v) is 2.04. The van der Waals surface area contributed by atoms with Gasteiger partial charge in [-0.05, 0) is 18.2 Å². The summed E-state index contributed by atoms with van der Waals surface area (Å²) in [5.41, 5.74) is 2.23. The molecule has 82 valence electrons. The minimum atomic E-state index is -0.460. The number of rotatable bonds is 5. The van der Waals surface area contributed by atoms with Crippen molar-refractivity contribution in [3.63, 3.8) is 0 Å². The van der Waals surface area contributed by atoms with Gasteiger partial charge in [0.25, 0.3) is 0 Å². The van der Waals surface area contributed by atoms with Gasteiger partial charge in [0.15, 0.2) is 0 Å². The average Bonchev–Trinajstić information content (AvgIpc) is 2.28. The number of hydrogen-bond acceptors (Lipinski definition) is 3. The molecule has 1 aromatic rings. The van der Waals surface area contributed by atoms with Gasteiger partial charge in [0.2, 0.25) is 5.91 Å². The lowest BCUT2D eigenvalue weighted by molar-refractivity contribution is -0.123. The molecule has 0 bridgehead atoms. The van der Waals surface area contributed by atoms with Crippen molar-refractivity contribution >= 4 is 5.91 Å². The van der Waals surface area contributed by atoms with Gasteiger partial charge in [0.05, 0.1) is 0 Å². The van der Waals surface area contributed by atoms with E-state index in [1.807, 2.05) is 31.3 Å². The second-order valence-electron chi connectivity index (χ2n) is 3.28. The molecular formula is C11H16N2O2. The Morgan fingerprint density at radius 1 is 1.20 bits per heavy atom. The first kappa shape index (κ1) is 11.7. The van der Waals surface area contributed by atoms with E-state index >= 15 is 0 Å². The first-order valence-corrected chi connectivity index (χ1v) is 4.86. The standard InChI is InChI=1S/C11H16N2O2/c1-12-6-9-2-4-10(5-3-9)7-13-11(15)8-14/h2-5,12,14H,6-8H2,1H3,(H,13,15). The number of carbonyl (C=O) groups excluding carboxylic acids is 1. The van der Waals surface area contributed by atoms with Crippen molar-refractivity contribution in [3.8, 4) is 0 Å². The third-order valence-electron chi connectivity index (χ3n) is 2.04. The molecule has 0 radical (unpaired) electrons.